The lowest BCUT2D eigenvalue weighted by Crippen LogP contribution is -2.19. The standard InChI is InChI=1S/C24H24ClN7O/c1-3-4-15-31-21(25)20(17(2)29-31)16-26-28-24(33)22-27-23(18-11-7-5-8-12-18)32(30-22)19-13-9-6-10-14-19/h5-14,16H,3-4,15H2,1-2H3,(H,28,33)/b26-16+. The van der Waals surface area contributed by atoms with E-state index in [1.54, 1.807) is 9.36 Å². The van der Waals surface area contributed by atoms with E-state index in [0.717, 1.165) is 36.3 Å². The molecular formula is C24H24ClN7O. The van der Waals surface area contributed by atoms with Crippen molar-refractivity contribution < 1.29 is 4.79 Å². The summed E-state index contributed by atoms with van der Waals surface area (Å²) in [5.74, 6) is 0.0496. The Balaban J connectivity index is 1.57. The van der Waals surface area contributed by atoms with Crippen LogP contribution in [0.2, 0.25) is 5.15 Å². The van der Waals surface area contributed by atoms with Crippen LogP contribution < -0.4 is 5.43 Å². The molecule has 33 heavy (non-hydrogen) atoms. The number of hydrazone groups is 1. The summed E-state index contributed by atoms with van der Waals surface area (Å²) in [4.78, 5) is 17.2. The minimum atomic E-state index is -0.523. The molecule has 0 aliphatic rings. The number of benzene rings is 2. The number of para-hydroxylation sites is 1. The van der Waals surface area contributed by atoms with E-state index >= 15 is 0 Å². The number of amides is 1. The number of nitrogens with one attached hydrogen (secondary N) is 1. The maximum Gasteiger partial charge on any atom is 0.311 e. The number of unbranched alkanes of at least 4 members (excludes halogenated alkanes) is 1. The molecule has 2 aromatic carbocycles. The lowest BCUT2D eigenvalue weighted by atomic mass is 10.2. The molecular weight excluding hydrogens is 438 g/mol. The van der Waals surface area contributed by atoms with Gasteiger partial charge in [-0.2, -0.15) is 10.2 Å². The summed E-state index contributed by atoms with van der Waals surface area (Å²) in [5.41, 5.74) is 5.55. The van der Waals surface area contributed by atoms with Crippen molar-refractivity contribution >= 4 is 23.7 Å². The minimum absolute atomic E-state index is 0.0105. The Labute approximate surface area is 196 Å². The molecule has 1 amide bonds. The Morgan fingerprint density at radius 2 is 1.79 bits per heavy atom. The fraction of sp³-hybridized carbons (Fsp3) is 0.208. The fourth-order valence-corrected chi connectivity index (χ4v) is 3.61. The van der Waals surface area contributed by atoms with Crippen LogP contribution in [0, 0.1) is 6.92 Å². The van der Waals surface area contributed by atoms with Gasteiger partial charge in [-0.1, -0.05) is 73.5 Å². The van der Waals surface area contributed by atoms with Crippen LogP contribution in [0.25, 0.3) is 17.1 Å². The first-order valence-electron chi connectivity index (χ1n) is 10.7. The van der Waals surface area contributed by atoms with E-state index in [0.29, 0.717) is 16.5 Å². The van der Waals surface area contributed by atoms with Gasteiger partial charge < -0.3 is 0 Å². The summed E-state index contributed by atoms with van der Waals surface area (Å²) in [7, 11) is 0. The van der Waals surface area contributed by atoms with Gasteiger partial charge in [-0.15, -0.1) is 5.10 Å². The summed E-state index contributed by atoms with van der Waals surface area (Å²) < 4.78 is 3.39. The van der Waals surface area contributed by atoms with Crippen molar-refractivity contribution in [2.45, 2.75) is 33.2 Å². The molecule has 4 aromatic rings. The zero-order valence-electron chi connectivity index (χ0n) is 18.4. The number of halogens is 1. The maximum atomic E-state index is 12.8. The van der Waals surface area contributed by atoms with Gasteiger partial charge in [-0.3, -0.25) is 9.48 Å². The highest BCUT2D eigenvalue weighted by Crippen LogP contribution is 2.21. The molecule has 1 N–H and O–H groups in total. The number of nitrogens with zero attached hydrogens (tertiary/aromatic N) is 6. The molecule has 0 unspecified atom stereocenters. The van der Waals surface area contributed by atoms with Gasteiger partial charge >= 0.3 is 5.91 Å². The Morgan fingerprint density at radius 1 is 1.09 bits per heavy atom. The molecule has 0 atom stereocenters. The van der Waals surface area contributed by atoms with Crippen molar-refractivity contribution in [3.63, 3.8) is 0 Å². The average molecular weight is 462 g/mol. The van der Waals surface area contributed by atoms with Gasteiger partial charge in [0.2, 0.25) is 5.82 Å². The number of carbonyl (C=O) groups excluding carboxylic acids is 1. The van der Waals surface area contributed by atoms with Gasteiger partial charge in [0.25, 0.3) is 0 Å². The topological polar surface area (TPSA) is 90.0 Å². The molecule has 0 radical (unpaired) electrons. The molecule has 0 aliphatic heterocycles. The lowest BCUT2D eigenvalue weighted by Gasteiger charge is -2.05. The Bertz CT molecular complexity index is 1210. The zero-order chi connectivity index (χ0) is 23.2. The molecule has 2 aromatic heterocycles. The van der Waals surface area contributed by atoms with Crippen LogP contribution in [0.4, 0.5) is 0 Å². The third-order valence-corrected chi connectivity index (χ3v) is 5.43. The predicted octanol–water partition coefficient (Wildman–Crippen LogP) is 4.66. The first kappa shape index (κ1) is 22.4. The Hall–Kier alpha value is -3.78. The number of carbonyl (C=O) groups is 1. The highest BCUT2D eigenvalue weighted by Gasteiger charge is 2.18. The molecule has 0 saturated heterocycles. The van der Waals surface area contributed by atoms with Crippen LogP contribution in [0.1, 0.15) is 41.6 Å². The highest BCUT2D eigenvalue weighted by atomic mass is 35.5. The van der Waals surface area contributed by atoms with Gasteiger partial charge in [0.05, 0.1) is 23.2 Å². The van der Waals surface area contributed by atoms with E-state index in [1.165, 1.54) is 6.21 Å². The minimum Gasteiger partial charge on any atom is -0.264 e. The van der Waals surface area contributed by atoms with Gasteiger partial charge in [-0.05, 0) is 25.5 Å². The monoisotopic (exact) mass is 461 g/mol. The van der Waals surface area contributed by atoms with Gasteiger partial charge in [0.1, 0.15) is 5.15 Å². The van der Waals surface area contributed by atoms with E-state index in [9.17, 15) is 4.79 Å². The van der Waals surface area contributed by atoms with Crippen LogP contribution in [0.15, 0.2) is 65.8 Å². The smallest absolute Gasteiger partial charge is 0.264 e. The summed E-state index contributed by atoms with van der Waals surface area (Å²) in [6, 6.07) is 19.1. The van der Waals surface area contributed by atoms with Crippen LogP contribution in [0.3, 0.4) is 0 Å². The summed E-state index contributed by atoms with van der Waals surface area (Å²) in [6.07, 6.45) is 3.52. The van der Waals surface area contributed by atoms with Crippen molar-refractivity contribution in [1.29, 1.82) is 0 Å². The van der Waals surface area contributed by atoms with Crippen LogP contribution >= 0.6 is 11.6 Å². The number of hydrogen-bond acceptors (Lipinski definition) is 5. The van der Waals surface area contributed by atoms with E-state index in [1.807, 2.05) is 67.6 Å². The number of aryl methyl sites for hydroxylation is 2. The van der Waals surface area contributed by atoms with Gasteiger partial charge in [0.15, 0.2) is 5.82 Å². The van der Waals surface area contributed by atoms with E-state index in [4.69, 9.17) is 11.6 Å². The van der Waals surface area contributed by atoms with Crippen LogP contribution in [-0.2, 0) is 6.54 Å². The SMILES string of the molecule is CCCCn1nc(C)c(/C=N/NC(=O)c2nc(-c3ccccc3)n(-c3ccccc3)n2)c1Cl. The molecule has 9 heteroatoms. The molecule has 0 spiro atoms. The number of rotatable bonds is 8. The molecule has 8 nitrogen and oxygen atoms in total. The fourth-order valence-electron chi connectivity index (χ4n) is 3.31. The van der Waals surface area contributed by atoms with Crippen molar-refractivity contribution in [2.24, 2.45) is 5.10 Å². The van der Waals surface area contributed by atoms with E-state index in [-0.39, 0.29) is 5.82 Å². The average Bonchev–Trinajstić information content (AvgIpc) is 3.41. The second-order valence-electron chi connectivity index (χ2n) is 7.44. The van der Waals surface area contributed by atoms with Crippen LogP contribution in [0.5, 0.6) is 0 Å². The summed E-state index contributed by atoms with van der Waals surface area (Å²) in [6.45, 7) is 4.70. The molecule has 2 heterocycles. The third-order valence-electron chi connectivity index (χ3n) is 5.04. The zero-order valence-corrected chi connectivity index (χ0v) is 19.2. The molecule has 0 aliphatic carbocycles. The van der Waals surface area contributed by atoms with E-state index < -0.39 is 5.91 Å². The Morgan fingerprint density at radius 3 is 2.48 bits per heavy atom. The van der Waals surface area contributed by atoms with Crippen molar-refractivity contribution in [2.75, 3.05) is 0 Å². The lowest BCUT2D eigenvalue weighted by molar-refractivity contribution is 0.0945. The van der Waals surface area contributed by atoms with Crippen molar-refractivity contribution in [3.05, 3.63) is 82.9 Å². The first-order valence-corrected chi connectivity index (χ1v) is 11.1. The molecule has 0 bridgehead atoms. The maximum absolute atomic E-state index is 12.8. The Kier molecular flexibility index (Phi) is 6.95. The highest BCUT2D eigenvalue weighted by molar-refractivity contribution is 6.32. The van der Waals surface area contributed by atoms with E-state index in [2.05, 4.69) is 32.6 Å². The van der Waals surface area contributed by atoms with Crippen LogP contribution in [-0.4, -0.2) is 36.7 Å². The summed E-state index contributed by atoms with van der Waals surface area (Å²) in [5, 5.41) is 13.4. The largest absolute Gasteiger partial charge is 0.311 e. The predicted molar refractivity (Wildman–Crippen MR) is 129 cm³/mol. The second-order valence-corrected chi connectivity index (χ2v) is 7.80. The van der Waals surface area contributed by atoms with Crippen molar-refractivity contribution in [3.8, 4) is 17.1 Å². The van der Waals surface area contributed by atoms with Crippen molar-refractivity contribution in [1.82, 2.24) is 30.0 Å². The molecule has 4 rings (SSSR count). The number of hydrogen-bond donors (Lipinski definition) is 1. The quantitative estimate of drug-likeness (QED) is 0.305. The van der Waals surface area contributed by atoms with Gasteiger partial charge in [0, 0.05) is 12.1 Å². The van der Waals surface area contributed by atoms with Gasteiger partial charge in [-0.25, -0.2) is 15.1 Å². The number of aromatic nitrogens is 5. The first-order chi connectivity index (χ1) is 16.1. The molecule has 168 valence electrons. The normalized spacial score (nSPS) is 11.2. The summed E-state index contributed by atoms with van der Waals surface area (Å²) >= 11 is 6.43. The second kappa shape index (κ2) is 10.2. The molecule has 0 saturated carbocycles. The third kappa shape index (κ3) is 5.01. The molecule has 0 fully saturated rings.